The maximum atomic E-state index is 10.7. The van der Waals surface area contributed by atoms with Crippen LogP contribution in [0.4, 0.5) is 26.3 Å². The maximum absolute atomic E-state index is 10.7. The van der Waals surface area contributed by atoms with Gasteiger partial charge in [-0.15, -0.1) is 0 Å². The van der Waals surface area contributed by atoms with Crippen LogP contribution in [0.3, 0.4) is 0 Å². The van der Waals surface area contributed by atoms with Crippen LogP contribution < -0.4 is 9.47 Å². The summed E-state index contributed by atoms with van der Waals surface area (Å²) in [5.74, 6) is 1.87. The molecule has 0 bridgehead atoms. The molecular formula is C24H34F6MnN4O8S2. The summed E-state index contributed by atoms with van der Waals surface area (Å²) in [4.78, 5) is 13.8. The summed E-state index contributed by atoms with van der Waals surface area (Å²) in [6, 6.07) is 0. The monoisotopic (exact) mass is 739 g/mol. The van der Waals surface area contributed by atoms with Crippen molar-refractivity contribution in [3.63, 3.8) is 0 Å². The normalized spacial score (nSPS) is 12.0. The molecule has 12 nitrogen and oxygen atoms in total. The molecule has 2 heterocycles. The number of likely N-dealkylation sites (N-methyl/N-ethyl adjacent to an activating group) is 2. The van der Waals surface area contributed by atoms with Crippen LogP contribution in [0.15, 0.2) is 12.4 Å². The van der Waals surface area contributed by atoms with E-state index < -0.39 is 31.3 Å². The van der Waals surface area contributed by atoms with E-state index in [4.69, 9.17) is 35.4 Å². The fourth-order valence-electron chi connectivity index (χ4n) is 3.47. The van der Waals surface area contributed by atoms with Crippen LogP contribution in [-0.2, 0) is 50.4 Å². The fourth-order valence-corrected chi connectivity index (χ4v) is 3.47. The second kappa shape index (κ2) is 18.2. The molecule has 0 aromatic carbocycles. The fraction of sp³-hybridized carbons (Fsp3) is 0.583. The second-order valence-electron chi connectivity index (χ2n) is 9.37. The molecule has 0 atom stereocenters. The zero-order valence-electron chi connectivity index (χ0n) is 25.5. The van der Waals surface area contributed by atoms with E-state index in [0.717, 1.165) is 71.3 Å². The molecule has 2 aromatic heterocycles. The van der Waals surface area contributed by atoms with Crippen molar-refractivity contribution in [2.24, 2.45) is 0 Å². The average molecular weight is 740 g/mol. The Morgan fingerprint density at radius 1 is 0.689 bits per heavy atom. The van der Waals surface area contributed by atoms with Gasteiger partial charge in [-0.25, -0.2) is 16.8 Å². The first-order chi connectivity index (χ1) is 19.8. The quantitative estimate of drug-likeness (QED) is 0.160. The van der Waals surface area contributed by atoms with E-state index in [0.29, 0.717) is 0 Å². The van der Waals surface area contributed by atoms with Crippen LogP contribution in [0.25, 0.3) is 0 Å². The molecule has 45 heavy (non-hydrogen) atoms. The summed E-state index contributed by atoms with van der Waals surface area (Å²) in [6.07, 6.45) is 3.78. The Morgan fingerprint density at radius 2 is 0.933 bits per heavy atom. The van der Waals surface area contributed by atoms with Crippen LogP contribution in [0.5, 0.6) is 11.5 Å². The van der Waals surface area contributed by atoms with E-state index >= 15 is 0 Å². The maximum Gasteiger partial charge on any atom is 2.00 e. The predicted molar refractivity (Wildman–Crippen MR) is 145 cm³/mol. The summed E-state index contributed by atoms with van der Waals surface area (Å²) < 4.78 is 129. The Bertz CT molecular complexity index is 1350. The van der Waals surface area contributed by atoms with Gasteiger partial charge in [0.25, 0.3) is 0 Å². The third-order valence-electron chi connectivity index (χ3n) is 5.77. The molecule has 1 radical (unpaired) electrons. The smallest absolute Gasteiger partial charge is 0.741 e. The van der Waals surface area contributed by atoms with Crippen molar-refractivity contribution in [2.75, 3.05) is 41.4 Å². The number of pyridine rings is 2. The van der Waals surface area contributed by atoms with Gasteiger partial charge in [-0.05, 0) is 41.8 Å². The minimum Gasteiger partial charge on any atom is -0.741 e. The standard InChI is InChI=1S/C22H34N4O2.2CHF3O3S.Mn/c1-15-11-23-19(17(3)21(15)27-7)13-25(5)9-10-26(6)14-20-18(4)22(28-8)16(2)12-24-20;2*2-1(3,4)8(5,6)7;/h11-12H,9-10,13-14H2,1-8H3;2*(H,5,6,7);/q;;;+2/p-2. The minimum atomic E-state index is -6.09. The number of ether oxygens (including phenoxy) is 2. The molecule has 0 aliphatic rings. The first-order valence-corrected chi connectivity index (χ1v) is 15.0. The molecule has 0 aliphatic carbocycles. The predicted octanol–water partition coefficient (Wildman–Crippen LogP) is 3.39. The van der Waals surface area contributed by atoms with Gasteiger partial charge in [0.05, 0.1) is 25.6 Å². The van der Waals surface area contributed by atoms with E-state index in [2.05, 4.69) is 47.7 Å². The average Bonchev–Trinajstić information content (AvgIpc) is 2.85. The molecule has 0 aliphatic heterocycles. The van der Waals surface area contributed by atoms with Gasteiger partial charge in [0, 0.05) is 60.8 Å². The van der Waals surface area contributed by atoms with Crippen molar-refractivity contribution in [1.82, 2.24) is 19.8 Å². The number of halogens is 6. The summed E-state index contributed by atoms with van der Waals surface area (Å²) >= 11 is 0. The molecule has 0 saturated carbocycles. The van der Waals surface area contributed by atoms with E-state index in [1.807, 2.05) is 26.2 Å². The van der Waals surface area contributed by atoms with Crippen molar-refractivity contribution >= 4 is 20.2 Å². The summed E-state index contributed by atoms with van der Waals surface area (Å²) in [5, 5.41) is 0. The van der Waals surface area contributed by atoms with Gasteiger partial charge in [-0.1, -0.05) is 0 Å². The van der Waals surface area contributed by atoms with Crippen LogP contribution in [0, 0.1) is 27.7 Å². The molecule has 0 fully saturated rings. The molecule has 0 unspecified atom stereocenters. The Morgan fingerprint density at radius 3 is 1.13 bits per heavy atom. The molecule has 21 heteroatoms. The Labute approximate surface area is 269 Å². The van der Waals surface area contributed by atoms with Crippen molar-refractivity contribution in [1.29, 1.82) is 0 Å². The van der Waals surface area contributed by atoms with Gasteiger partial charge in [-0.3, -0.25) is 19.8 Å². The molecule has 0 N–H and O–H groups in total. The van der Waals surface area contributed by atoms with Crippen molar-refractivity contribution < 1.29 is 78.8 Å². The first-order valence-electron chi connectivity index (χ1n) is 12.2. The van der Waals surface area contributed by atoms with Crippen LogP contribution >= 0.6 is 0 Å². The Kier molecular flexibility index (Phi) is 18.1. The zero-order valence-corrected chi connectivity index (χ0v) is 28.3. The van der Waals surface area contributed by atoms with E-state index in [1.165, 1.54) is 0 Å². The number of aryl methyl sites for hydroxylation is 2. The largest absolute Gasteiger partial charge is 2.00 e. The topological polar surface area (TPSA) is 165 Å². The molecule has 2 rings (SSSR count). The van der Waals surface area contributed by atoms with Crippen LogP contribution in [-0.4, -0.2) is 98.1 Å². The van der Waals surface area contributed by atoms with E-state index in [9.17, 15) is 26.3 Å². The van der Waals surface area contributed by atoms with Crippen molar-refractivity contribution in [3.05, 3.63) is 46.0 Å². The summed E-state index contributed by atoms with van der Waals surface area (Å²) in [7, 11) is -4.50. The number of rotatable bonds is 9. The minimum absolute atomic E-state index is 0. The van der Waals surface area contributed by atoms with Gasteiger partial charge >= 0.3 is 28.1 Å². The number of hydrogen-bond donors (Lipinski definition) is 0. The van der Waals surface area contributed by atoms with E-state index in [1.54, 1.807) is 14.2 Å². The number of methoxy groups -OCH3 is 2. The molecule has 259 valence electrons. The van der Waals surface area contributed by atoms with Crippen molar-refractivity contribution in [2.45, 2.75) is 51.8 Å². The number of aromatic nitrogens is 2. The third-order valence-corrected chi connectivity index (χ3v) is 6.90. The van der Waals surface area contributed by atoms with Gasteiger partial charge in [0.1, 0.15) is 11.5 Å². The number of alkyl halides is 6. The molecule has 2 aromatic rings. The Hall–Kier alpha value is -2.26. The number of hydrogen-bond acceptors (Lipinski definition) is 12. The molecular weight excluding hydrogens is 705 g/mol. The first kappa shape index (κ1) is 44.9. The van der Waals surface area contributed by atoms with E-state index in [-0.39, 0.29) is 17.1 Å². The second-order valence-corrected chi connectivity index (χ2v) is 12.1. The number of nitrogens with zero attached hydrogens (tertiary/aromatic N) is 4. The van der Waals surface area contributed by atoms with Crippen LogP contribution in [0.1, 0.15) is 33.6 Å². The SMILES string of the molecule is COc1c(C)cnc(CN(C)CCN(C)Cc2ncc(C)c(OC)c2C)c1C.O=S(=O)([O-])C(F)(F)F.O=S(=O)([O-])C(F)(F)F.[Mn+2]. The van der Waals surface area contributed by atoms with Gasteiger partial charge in [0.2, 0.25) is 0 Å². The van der Waals surface area contributed by atoms with Gasteiger partial charge in [-0.2, -0.15) is 26.3 Å². The van der Waals surface area contributed by atoms with Gasteiger partial charge < -0.3 is 18.6 Å². The molecule has 0 amide bonds. The van der Waals surface area contributed by atoms with Gasteiger partial charge in [0.15, 0.2) is 20.2 Å². The Balaban J connectivity index is 0. The zero-order chi connectivity index (χ0) is 34.8. The van der Waals surface area contributed by atoms with Crippen LogP contribution in [0.2, 0.25) is 0 Å². The van der Waals surface area contributed by atoms with Crippen molar-refractivity contribution in [3.8, 4) is 11.5 Å². The summed E-state index contributed by atoms with van der Waals surface area (Å²) in [6.45, 7) is 11.7. The summed E-state index contributed by atoms with van der Waals surface area (Å²) in [5.41, 5.74) is -4.78. The third kappa shape index (κ3) is 14.8. The molecule has 0 saturated heterocycles. The molecule has 0 spiro atoms.